The van der Waals surface area contributed by atoms with Crippen molar-refractivity contribution in [3.05, 3.63) is 63.7 Å². The van der Waals surface area contributed by atoms with Crippen LogP contribution in [0.4, 0.5) is 10.1 Å². The van der Waals surface area contributed by atoms with Crippen molar-refractivity contribution in [2.45, 2.75) is 82.8 Å². The van der Waals surface area contributed by atoms with Crippen LogP contribution in [0.5, 0.6) is 0 Å². The third-order valence-corrected chi connectivity index (χ3v) is 11.7. The average molecular weight is 714 g/mol. The summed E-state index contributed by atoms with van der Waals surface area (Å²) >= 11 is 8.10. The number of nitrogens with one attached hydrogen (secondary N) is 1. The Morgan fingerprint density at radius 1 is 1.06 bits per heavy atom. The Kier molecular flexibility index (Phi) is 11.1. The van der Waals surface area contributed by atoms with Crippen molar-refractivity contribution in [2.24, 2.45) is 5.92 Å². The van der Waals surface area contributed by atoms with Gasteiger partial charge in [-0.25, -0.2) is 4.39 Å². The second-order valence-electron chi connectivity index (χ2n) is 13.4. The number of halogens is 2. The van der Waals surface area contributed by atoms with Gasteiger partial charge in [-0.2, -0.15) is 0 Å². The summed E-state index contributed by atoms with van der Waals surface area (Å²) in [5.41, 5.74) is 0.333. The number of likely N-dealkylation sites (tertiary alicyclic amines) is 2. The van der Waals surface area contributed by atoms with E-state index in [1.54, 1.807) is 19.4 Å². The SMILES string of the molecule is CCOC(=O)C1CCC(OC(C(=O)Cc2cc(Cl)c(NC(=O)c3csc4ccccc34)cc2F)(N2CCCC2)N2CC(CC)(OC)C2)CC1. The predicted octanol–water partition coefficient (Wildman–Crippen LogP) is 7.06. The summed E-state index contributed by atoms with van der Waals surface area (Å²) in [5, 5.41) is 5.47. The van der Waals surface area contributed by atoms with Crippen LogP contribution in [-0.2, 0) is 30.2 Å². The van der Waals surface area contributed by atoms with Gasteiger partial charge in [-0.15, -0.1) is 11.3 Å². The van der Waals surface area contributed by atoms with Gasteiger partial charge in [0, 0.05) is 55.2 Å². The Balaban J connectivity index is 1.26. The van der Waals surface area contributed by atoms with Crippen LogP contribution in [0.2, 0.25) is 5.02 Å². The van der Waals surface area contributed by atoms with Gasteiger partial charge in [0.15, 0.2) is 5.78 Å². The third kappa shape index (κ3) is 7.16. The third-order valence-electron chi connectivity index (χ3n) is 10.4. The standard InChI is InChI=1S/C37H45ClFN3O6S/c1-4-36(46-3)22-42(23-36)37(41-16-8-9-17-41,48-26-14-12-24(13-15-26)35(45)47-5-2)33(43)19-25-18-29(38)31(20-30(25)39)40-34(44)28-21-49-32-11-7-6-10-27(28)32/h6-7,10-11,18,20-21,24,26H,4-5,8-9,12-17,19,22-23H2,1-3H3,(H,40,44). The van der Waals surface area contributed by atoms with Crippen LogP contribution in [-0.4, -0.2) is 84.9 Å². The number of nitrogens with zero attached hydrogens (tertiary/aromatic N) is 2. The van der Waals surface area contributed by atoms with Gasteiger partial charge in [0.1, 0.15) is 5.82 Å². The van der Waals surface area contributed by atoms with Crippen LogP contribution in [0.1, 0.15) is 74.7 Å². The average Bonchev–Trinajstić information content (AvgIpc) is 3.78. The number of rotatable bonds is 13. The van der Waals surface area contributed by atoms with Gasteiger partial charge >= 0.3 is 5.97 Å². The first-order chi connectivity index (χ1) is 23.6. The Bertz CT molecular complexity index is 1680. The molecule has 2 aromatic carbocycles. The van der Waals surface area contributed by atoms with E-state index in [9.17, 15) is 14.4 Å². The summed E-state index contributed by atoms with van der Waals surface area (Å²) in [6, 6.07) is 10.2. The number of Topliss-reactive ketones (excluding diaryl/α,β-unsaturated/α-hetero) is 1. The summed E-state index contributed by atoms with van der Waals surface area (Å²) in [6.45, 7) is 6.53. The van der Waals surface area contributed by atoms with Crippen molar-refractivity contribution in [3.8, 4) is 0 Å². The number of anilines is 1. The lowest BCUT2D eigenvalue weighted by molar-refractivity contribution is -0.300. The van der Waals surface area contributed by atoms with Crippen molar-refractivity contribution in [1.82, 2.24) is 9.80 Å². The molecule has 12 heteroatoms. The van der Waals surface area contributed by atoms with Gasteiger partial charge in [0.05, 0.1) is 40.5 Å². The molecule has 2 saturated heterocycles. The van der Waals surface area contributed by atoms with E-state index in [0.29, 0.717) is 64.0 Å². The quantitative estimate of drug-likeness (QED) is 0.188. The highest BCUT2D eigenvalue weighted by Gasteiger charge is 2.59. The molecule has 1 aliphatic carbocycles. The molecule has 1 amide bonds. The first-order valence-corrected chi connectivity index (χ1v) is 18.6. The molecule has 0 radical (unpaired) electrons. The van der Waals surface area contributed by atoms with E-state index in [0.717, 1.165) is 29.3 Å². The second-order valence-corrected chi connectivity index (χ2v) is 14.7. The fourth-order valence-electron chi connectivity index (χ4n) is 7.51. The van der Waals surface area contributed by atoms with E-state index in [2.05, 4.69) is 17.1 Å². The molecule has 264 valence electrons. The molecule has 1 aromatic heterocycles. The number of hydrogen-bond donors (Lipinski definition) is 1. The second kappa shape index (κ2) is 15.1. The fourth-order valence-corrected chi connectivity index (χ4v) is 8.68. The Morgan fingerprint density at radius 3 is 2.45 bits per heavy atom. The number of esters is 1. The number of amides is 1. The highest BCUT2D eigenvalue weighted by molar-refractivity contribution is 7.17. The maximum absolute atomic E-state index is 15.9. The van der Waals surface area contributed by atoms with Crippen molar-refractivity contribution in [2.75, 3.05) is 45.2 Å². The molecule has 2 aliphatic heterocycles. The molecule has 1 unspecified atom stereocenters. The number of ketones is 1. The number of carbonyl (C=O) groups excluding carboxylic acids is 3. The lowest BCUT2D eigenvalue weighted by Crippen LogP contribution is -2.77. The number of fused-ring (bicyclic) bond motifs is 1. The minimum Gasteiger partial charge on any atom is -0.466 e. The highest BCUT2D eigenvalue weighted by atomic mass is 35.5. The van der Waals surface area contributed by atoms with Crippen LogP contribution in [0, 0.1) is 11.7 Å². The van der Waals surface area contributed by atoms with Gasteiger partial charge < -0.3 is 19.5 Å². The topological polar surface area (TPSA) is 97.4 Å². The summed E-state index contributed by atoms with van der Waals surface area (Å²) in [7, 11) is 1.69. The van der Waals surface area contributed by atoms with E-state index < -0.39 is 23.2 Å². The Hall–Kier alpha value is -2.93. The van der Waals surface area contributed by atoms with Gasteiger partial charge in [0.2, 0.25) is 5.85 Å². The molecule has 6 rings (SSSR count). The molecule has 49 heavy (non-hydrogen) atoms. The monoisotopic (exact) mass is 713 g/mol. The van der Waals surface area contributed by atoms with Gasteiger partial charge in [0.25, 0.3) is 5.91 Å². The number of benzene rings is 2. The number of carbonyl (C=O) groups is 3. The summed E-state index contributed by atoms with van der Waals surface area (Å²) < 4.78 is 35.0. The van der Waals surface area contributed by atoms with Crippen LogP contribution in [0.25, 0.3) is 10.1 Å². The molecule has 1 N–H and O–H groups in total. The van der Waals surface area contributed by atoms with Crippen LogP contribution < -0.4 is 5.32 Å². The molecule has 3 heterocycles. The van der Waals surface area contributed by atoms with Crippen molar-refractivity contribution in [1.29, 1.82) is 0 Å². The van der Waals surface area contributed by atoms with Gasteiger partial charge in [-0.1, -0.05) is 36.7 Å². The smallest absolute Gasteiger partial charge is 0.308 e. The minimum absolute atomic E-state index is 0.126. The highest BCUT2D eigenvalue weighted by Crippen LogP contribution is 2.42. The molecule has 3 fully saturated rings. The Labute approximate surface area is 296 Å². The largest absolute Gasteiger partial charge is 0.466 e. The van der Waals surface area contributed by atoms with E-state index in [-0.39, 0.29) is 46.5 Å². The number of thiophene rings is 1. The summed E-state index contributed by atoms with van der Waals surface area (Å²) in [5.74, 6) is -3.11. The number of hydrogen-bond acceptors (Lipinski definition) is 9. The van der Waals surface area contributed by atoms with E-state index >= 15 is 4.39 Å². The fraction of sp³-hybridized carbons (Fsp3) is 0.541. The normalized spacial score (nSPS) is 22.4. The minimum atomic E-state index is -1.43. The molecular formula is C37H45ClFN3O6S. The maximum Gasteiger partial charge on any atom is 0.308 e. The zero-order valence-electron chi connectivity index (χ0n) is 28.4. The van der Waals surface area contributed by atoms with Crippen molar-refractivity contribution >= 4 is 56.4 Å². The van der Waals surface area contributed by atoms with Crippen LogP contribution in [0.15, 0.2) is 41.8 Å². The Morgan fingerprint density at radius 2 is 1.78 bits per heavy atom. The summed E-state index contributed by atoms with van der Waals surface area (Å²) in [6.07, 6.45) is 4.52. The van der Waals surface area contributed by atoms with Gasteiger partial charge in [-0.05, 0) is 75.6 Å². The van der Waals surface area contributed by atoms with Crippen LogP contribution >= 0.6 is 22.9 Å². The van der Waals surface area contributed by atoms with E-state index in [1.807, 2.05) is 29.2 Å². The first-order valence-electron chi connectivity index (χ1n) is 17.3. The molecule has 0 spiro atoms. The molecular weight excluding hydrogens is 669 g/mol. The molecule has 9 nitrogen and oxygen atoms in total. The molecule has 0 bridgehead atoms. The number of methoxy groups -OCH3 is 1. The van der Waals surface area contributed by atoms with Gasteiger partial charge in [-0.3, -0.25) is 24.2 Å². The predicted molar refractivity (Wildman–Crippen MR) is 189 cm³/mol. The van der Waals surface area contributed by atoms with E-state index in [1.165, 1.54) is 23.5 Å². The molecule has 3 aromatic rings. The molecule has 1 atom stereocenters. The van der Waals surface area contributed by atoms with Crippen molar-refractivity contribution in [3.63, 3.8) is 0 Å². The lowest BCUT2D eigenvalue weighted by Gasteiger charge is -2.59. The lowest BCUT2D eigenvalue weighted by atomic mass is 9.86. The number of ether oxygens (including phenoxy) is 3. The zero-order chi connectivity index (χ0) is 34.8. The molecule has 3 aliphatic rings. The van der Waals surface area contributed by atoms with E-state index in [4.69, 9.17) is 25.8 Å². The maximum atomic E-state index is 15.9. The molecule has 1 saturated carbocycles. The zero-order valence-corrected chi connectivity index (χ0v) is 30.0. The summed E-state index contributed by atoms with van der Waals surface area (Å²) in [4.78, 5) is 44.6. The first kappa shape index (κ1) is 35.9. The van der Waals surface area contributed by atoms with Crippen LogP contribution in [0.3, 0.4) is 0 Å². The van der Waals surface area contributed by atoms with Crippen molar-refractivity contribution < 1.29 is 33.0 Å².